The summed E-state index contributed by atoms with van der Waals surface area (Å²) in [6.45, 7) is 4.16. The highest BCUT2D eigenvalue weighted by molar-refractivity contribution is 5.76. The smallest absolute Gasteiger partial charge is 0.323 e. The topological polar surface area (TPSA) is 80.6 Å². The molecular weight excluding hydrogens is 284 g/mol. The van der Waals surface area contributed by atoms with E-state index in [0.29, 0.717) is 24.5 Å². The van der Waals surface area contributed by atoms with E-state index < -0.39 is 11.5 Å². The lowest BCUT2D eigenvalue weighted by Gasteiger charge is -2.23. The summed E-state index contributed by atoms with van der Waals surface area (Å²) in [5, 5.41) is 12.8. The largest absolute Gasteiger partial charge is 0.465 e. The number of carbonyl (C=O) groups is 1. The number of hydrogen-bond acceptors (Lipinski definition) is 6. The molecule has 0 spiro atoms. The molecule has 0 saturated carbocycles. The molecule has 22 heavy (non-hydrogen) atoms. The average Bonchev–Trinajstić information content (AvgIpc) is 3.11. The lowest BCUT2D eigenvalue weighted by Crippen LogP contribution is -2.34. The van der Waals surface area contributed by atoms with Crippen molar-refractivity contribution in [2.24, 2.45) is 5.41 Å². The fraction of sp³-hybridized carbons (Fsp3) is 0.500. The van der Waals surface area contributed by atoms with Crippen molar-refractivity contribution in [1.29, 1.82) is 5.26 Å². The molecule has 1 fully saturated rings. The molecule has 6 heteroatoms. The Labute approximate surface area is 129 Å². The minimum absolute atomic E-state index is 0.206. The van der Waals surface area contributed by atoms with E-state index in [9.17, 15) is 10.1 Å². The number of carbonyl (C=O) groups excluding carboxylic acids is 1. The molecule has 1 aromatic carbocycles. The van der Waals surface area contributed by atoms with Crippen molar-refractivity contribution in [3.05, 3.63) is 23.8 Å². The van der Waals surface area contributed by atoms with Gasteiger partial charge < -0.3 is 14.2 Å². The van der Waals surface area contributed by atoms with Crippen molar-refractivity contribution >= 4 is 5.97 Å². The molecule has 2 unspecified atom stereocenters. The fourth-order valence-electron chi connectivity index (χ4n) is 3.05. The molecule has 0 aromatic heterocycles. The van der Waals surface area contributed by atoms with Gasteiger partial charge in [0.05, 0.1) is 24.1 Å². The van der Waals surface area contributed by atoms with Crippen molar-refractivity contribution in [2.45, 2.75) is 32.4 Å². The number of fused-ring (bicyclic) bond motifs is 1. The maximum Gasteiger partial charge on any atom is 0.323 e. The quantitative estimate of drug-likeness (QED) is 0.859. The van der Waals surface area contributed by atoms with Crippen LogP contribution in [0.15, 0.2) is 18.2 Å². The van der Waals surface area contributed by atoms with Crippen LogP contribution in [0.2, 0.25) is 0 Å². The lowest BCUT2D eigenvalue weighted by molar-refractivity contribution is -0.145. The zero-order valence-electron chi connectivity index (χ0n) is 12.6. The number of nitriles is 1. The first-order valence-corrected chi connectivity index (χ1v) is 7.31. The number of benzene rings is 1. The maximum absolute atomic E-state index is 12.0. The van der Waals surface area contributed by atoms with Crippen LogP contribution in [0, 0.1) is 16.7 Å². The highest BCUT2D eigenvalue weighted by atomic mass is 16.7. The fourth-order valence-corrected chi connectivity index (χ4v) is 3.05. The first kappa shape index (κ1) is 14.7. The zero-order chi connectivity index (χ0) is 15.7. The van der Waals surface area contributed by atoms with E-state index in [1.165, 1.54) is 0 Å². The van der Waals surface area contributed by atoms with Crippen molar-refractivity contribution < 1.29 is 19.0 Å². The van der Waals surface area contributed by atoms with Crippen molar-refractivity contribution in [2.75, 3.05) is 13.4 Å². The number of hydrogen-bond donors (Lipinski definition) is 1. The Balaban J connectivity index is 1.88. The van der Waals surface area contributed by atoms with Crippen LogP contribution < -0.4 is 14.8 Å². The summed E-state index contributed by atoms with van der Waals surface area (Å²) in [6, 6.07) is 7.20. The Kier molecular flexibility index (Phi) is 3.67. The molecule has 1 N–H and O–H groups in total. The number of nitrogens with zero attached hydrogens (tertiary/aromatic N) is 1. The molecule has 2 heterocycles. The van der Waals surface area contributed by atoms with Crippen molar-refractivity contribution in [3.63, 3.8) is 0 Å². The molecule has 2 aliphatic heterocycles. The van der Waals surface area contributed by atoms with Gasteiger partial charge in [-0.15, -0.1) is 0 Å². The van der Waals surface area contributed by atoms with Gasteiger partial charge in [0.25, 0.3) is 0 Å². The van der Waals surface area contributed by atoms with Gasteiger partial charge in [0, 0.05) is 0 Å². The summed E-state index contributed by atoms with van der Waals surface area (Å²) < 4.78 is 15.8. The maximum atomic E-state index is 12.0. The molecule has 0 amide bonds. The Bertz CT molecular complexity index is 640. The summed E-state index contributed by atoms with van der Waals surface area (Å²) in [5.41, 5.74) is 0.214. The summed E-state index contributed by atoms with van der Waals surface area (Å²) in [4.78, 5) is 12.0. The van der Waals surface area contributed by atoms with Gasteiger partial charge >= 0.3 is 5.97 Å². The Morgan fingerprint density at radius 2 is 2.27 bits per heavy atom. The molecule has 2 aliphatic rings. The Morgan fingerprint density at radius 3 is 3.00 bits per heavy atom. The minimum Gasteiger partial charge on any atom is -0.465 e. The average molecular weight is 302 g/mol. The van der Waals surface area contributed by atoms with E-state index in [1.54, 1.807) is 6.92 Å². The first-order chi connectivity index (χ1) is 10.6. The van der Waals surface area contributed by atoms with Gasteiger partial charge in [-0.2, -0.15) is 5.26 Å². The molecule has 0 radical (unpaired) electrons. The summed E-state index contributed by atoms with van der Waals surface area (Å²) in [6.07, 6.45) is 0.418. The van der Waals surface area contributed by atoms with Crippen molar-refractivity contribution in [3.8, 4) is 17.6 Å². The predicted molar refractivity (Wildman–Crippen MR) is 77.2 cm³/mol. The Hall–Kier alpha value is -2.26. The van der Waals surface area contributed by atoms with Crippen LogP contribution in [0.3, 0.4) is 0 Å². The van der Waals surface area contributed by atoms with E-state index >= 15 is 0 Å². The van der Waals surface area contributed by atoms with Gasteiger partial charge in [-0.3, -0.25) is 10.1 Å². The number of rotatable bonds is 3. The third-order valence-corrected chi connectivity index (χ3v) is 4.19. The molecular formula is C16H18N2O4. The van der Waals surface area contributed by atoms with Crippen LogP contribution in [0.1, 0.15) is 31.9 Å². The van der Waals surface area contributed by atoms with Gasteiger partial charge in [0.2, 0.25) is 6.79 Å². The molecule has 1 saturated heterocycles. The van der Waals surface area contributed by atoms with Gasteiger partial charge in [-0.05, 0) is 38.0 Å². The van der Waals surface area contributed by atoms with Gasteiger partial charge in [-0.25, -0.2) is 0 Å². The summed E-state index contributed by atoms with van der Waals surface area (Å²) in [7, 11) is 0. The van der Waals surface area contributed by atoms with Crippen LogP contribution in [0.5, 0.6) is 11.5 Å². The monoisotopic (exact) mass is 302 g/mol. The van der Waals surface area contributed by atoms with Gasteiger partial charge in [-0.1, -0.05) is 6.07 Å². The molecule has 116 valence electrons. The van der Waals surface area contributed by atoms with Crippen LogP contribution >= 0.6 is 0 Å². The van der Waals surface area contributed by atoms with Crippen molar-refractivity contribution in [1.82, 2.24) is 5.32 Å². The Morgan fingerprint density at radius 1 is 1.50 bits per heavy atom. The molecule has 6 nitrogen and oxygen atoms in total. The summed E-state index contributed by atoms with van der Waals surface area (Å²) in [5.74, 6) is 1.05. The van der Waals surface area contributed by atoms with Gasteiger partial charge in [0.15, 0.2) is 11.5 Å². The summed E-state index contributed by atoms with van der Waals surface area (Å²) >= 11 is 0. The molecule has 3 atom stereocenters. The molecule has 1 aromatic rings. The normalized spacial score (nSPS) is 29.1. The number of ether oxygens (including phenoxy) is 3. The third-order valence-electron chi connectivity index (χ3n) is 4.19. The minimum atomic E-state index is -0.689. The van der Waals surface area contributed by atoms with E-state index in [4.69, 9.17) is 14.2 Å². The van der Waals surface area contributed by atoms with E-state index in [-0.39, 0.29) is 18.8 Å². The van der Waals surface area contributed by atoms with E-state index in [1.807, 2.05) is 25.1 Å². The van der Waals surface area contributed by atoms with E-state index in [0.717, 1.165) is 5.56 Å². The second kappa shape index (κ2) is 5.50. The SMILES string of the molecule is CCOC(=O)C1C[C@](C)(C#N)C(c2ccc3c(c2)OCO3)N1. The highest BCUT2D eigenvalue weighted by Crippen LogP contribution is 2.45. The van der Waals surface area contributed by atoms with Crippen LogP contribution in [-0.4, -0.2) is 25.4 Å². The molecule has 0 bridgehead atoms. The molecule has 3 rings (SSSR count). The molecule has 0 aliphatic carbocycles. The number of esters is 1. The van der Waals surface area contributed by atoms with Crippen LogP contribution in [0.25, 0.3) is 0 Å². The van der Waals surface area contributed by atoms with Crippen LogP contribution in [0.4, 0.5) is 0 Å². The zero-order valence-corrected chi connectivity index (χ0v) is 12.6. The van der Waals surface area contributed by atoms with Gasteiger partial charge in [0.1, 0.15) is 6.04 Å². The second-order valence-electron chi connectivity index (χ2n) is 5.75. The van der Waals surface area contributed by atoms with E-state index in [2.05, 4.69) is 11.4 Å². The third kappa shape index (κ3) is 2.38. The highest BCUT2D eigenvalue weighted by Gasteiger charge is 2.48. The first-order valence-electron chi connectivity index (χ1n) is 7.31. The predicted octanol–water partition coefficient (Wildman–Crippen LogP) is 1.91. The van der Waals surface area contributed by atoms with Crippen LogP contribution in [-0.2, 0) is 9.53 Å². The lowest BCUT2D eigenvalue weighted by atomic mass is 9.80. The second-order valence-corrected chi connectivity index (χ2v) is 5.75. The number of nitrogens with one attached hydrogen (secondary N) is 1. The standard InChI is InChI=1S/C16H18N2O4/c1-3-20-15(19)11-7-16(2,8-17)14(18-11)10-4-5-12-13(6-10)22-9-21-12/h4-6,11,14,18H,3,7,9H2,1-2H3/t11?,14?,16-/m1/s1.